The number of rotatable bonds is 6. The molecule has 0 spiro atoms. The van der Waals surface area contributed by atoms with Gasteiger partial charge in [0.1, 0.15) is 0 Å². The highest BCUT2D eigenvalue weighted by atomic mass is 35.5. The first-order valence-electron chi connectivity index (χ1n) is 7.90. The molecule has 0 saturated carbocycles. The molecular formula is C17H16ClN3O4S3. The van der Waals surface area contributed by atoms with Gasteiger partial charge in [-0.3, -0.25) is 9.44 Å². The zero-order valence-corrected chi connectivity index (χ0v) is 18.0. The Balaban J connectivity index is 1.83. The average molecular weight is 458 g/mol. The number of hydrogen-bond acceptors (Lipinski definition) is 6. The van der Waals surface area contributed by atoms with Crippen molar-refractivity contribution in [3.05, 3.63) is 64.1 Å². The molecule has 0 atom stereocenters. The molecule has 1 heterocycles. The van der Waals surface area contributed by atoms with E-state index in [1.165, 1.54) is 36.5 Å². The average Bonchev–Trinajstić information content (AvgIpc) is 3.10. The van der Waals surface area contributed by atoms with Gasteiger partial charge in [0, 0.05) is 22.3 Å². The molecule has 3 rings (SSSR count). The molecule has 148 valence electrons. The van der Waals surface area contributed by atoms with Crippen LogP contribution in [-0.2, 0) is 20.0 Å². The molecule has 11 heteroatoms. The summed E-state index contributed by atoms with van der Waals surface area (Å²) < 4.78 is 54.9. The van der Waals surface area contributed by atoms with Crippen molar-refractivity contribution in [2.75, 3.05) is 9.44 Å². The van der Waals surface area contributed by atoms with Crippen molar-refractivity contribution in [2.45, 2.75) is 23.6 Å². The lowest BCUT2D eigenvalue weighted by Crippen LogP contribution is -2.15. The van der Waals surface area contributed by atoms with Crippen molar-refractivity contribution >= 4 is 53.8 Å². The molecule has 2 aromatic carbocycles. The number of aromatic nitrogens is 1. The van der Waals surface area contributed by atoms with Gasteiger partial charge in [-0.25, -0.2) is 21.8 Å². The van der Waals surface area contributed by atoms with Crippen molar-refractivity contribution in [2.24, 2.45) is 0 Å². The van der Waals surface area contributed by atoms with Crippen molar-refractivity contribution < 1.29 is 16.8 Å². The number of halogens is 1. The van der Waals surface area contributed by atoms with E-state index in [9.17, 15) is 16.8 Å². The van der Waals surface area contributed by atoms with Crippen LogP contribution in [-0.4, -0.2) is 21.8 Å². The van der Waals surface area contributed by atoms with Crippen LogP contribution < -0.4 is 9.44 Å². The summed E-state index contributed by atoms with van der Waals surface area (Å²) in [7, 11) is -7.66. The van der Waals surface area contributed by atoms with Crippen molar-refractivity contribution in [3.8, 4) is 0 Å². The number of thiazole rings is 1. The Bertz CT molecular complexity index is 1210. The molecule has 2 N–H and O–H groups in total. The van der Waals surface area contributed by atoms with Gasteiger partial charge in [-0.1, -0.05) is 11.6 Å². The maximum atomic E-state index is 12.7. The summed E-state index contributed by atoms with van der Waals surface area (Å²) in [5, 5.41) is 2.38. The third kappa shape index (κ3) is 4.46. The Labute approximate surface area is 172 Å². The molecule has 0 bridgehead atoms. The molecule has 0 radical (unpaired) electrons. The summed E-state index contributed by atoms with van der Waals surface area (Å²) in [5.41, 5.74) is 1.39. The Morgan fingerprint density at radius 3 is 2.21 bits per heavy atom. The first kappa shape index (κ1) is 20.6. The van der Waals surface area contributed by atoms with E-state index >= 15 is 0 Å². The van der Waals surface area contributed by atoms with Crippen LogP contribution in [0.2, 0.25) is 5.02 Å². The summed E-state index contributed by atoms with van der Waals surface area (Å²) in [6.45, 7) is 3.37. The van der Waals surface area contributed by atoms with E-state index in [2.05, 4.69) is 14.4 Å². The van der Waals surface area contributed by atoms with E-state index in [0.717, 1.165) is 11.3 Å². The fraction of sp³-hybridized carbons (Fsp3) is 0.118. The Hall–Kier alpha value is -2.14. The normalized spacial score (nSPS) is 12.0. The fourth-order valence-corrected chi connectivity index (χ4v) is 5.78. The molecule has 7 nitrogen and oxygen atoms in total. The van der Waals surface area contributed by atoms with E-state index in [-0.39, 0.29) is 20.6 Å². The summed E-state index contributed by atoms with van der Waals surface area (Å²) >= 11 is 7.18. The van der Waals surface area contributed by atoms with Crippen LogP contribution >= 0.6 is 22.9 Å². The second-order valence-electron chi connectivity index (χ2n) is 5.94. The molecule has 0 saturated heterocycles. The molecule has 0 fully saturated rings. The standard InChI is InChI=1S/C17H16ClN3O4S3/c1-11-10-16(12(2)9-15(11)18)28(24,25)20-13-3-5-14(6-4-13)27(22,23)21-17-19-7-8-26-17/h3-10,20H,1-2H3,(H,19,21). The molecule has 3 aromatic rings. The van der Waals surface area contributed by atoms with E-state index in [0.29, 0.717) is 16.1 Å². The van der Waals surface area contributed by atoms with E-state index in [4.69, 9.17) is 11.6 Å². The molecule has 0 unspecified atom stereocenters. The van der Waals surface area contributed by atoms with E-state index < -0.39 is 20.0 Å². The highest BCUT2D eigenvalue weighted by Crippen LogP contribution is 2.26. The Morgan fingerprint density at radius 1 is 0.929 bits per heavy atom. The summed E-state index contributed by atoms with van der Waals surface area (Å²) in [6.07, 6.45) is 1.49. The van der Waals surface area contributed by atoms with Gasteiger partial charge < -0.3 is 0 Å². The maximum Gasteiger partial charge on any atom is 0.263 e. The number of aryl methyl sites for hydroxylation is 2. The van der Waals surface area contributed by atoms with Crippen LogP contribution in [0.5, 0.6) is 0 Å². The fourth-order valence-electron chi connectivity index (χ4n) is 2.40. The smallest absolute Gasteiger partial charge is 0.263 e. The SMILES string of the molecule is Cc1cc(S(=O)(=O)Nc2ccc(S(=O)(=O)Nc3nccs3)cc2)c(C)cc1Cl. The summed E-state index contributed by atoms with van der Waals surface area (Å²) in [6, 6.07) is 8.47. The van der Waals surface area contributed by atoms with Crippen LogP contribution in [0.1, 0.15) is 11.1 Å². The third-order valence-electron chi connectivity index (χ3n) is 3.82. The zero-order chi connectivity index (χ0) is 20.5. The predicted octanol–water partition coefficient (Wildman–Crippen LogP) is 4.01. The van der Waals surface area contributed by atoms with Crippen LogP contribution in [0, 0.1) is 13.8 Å². The van der Waals surface area contributed by atoms with Crippen LogP contribution in [0.4, 0.5) is 10.8 Å². The Morgan fingerprint density at radius 2 is 1.61 bits per heavy atom. The van der Waals surface area contributed by atoms with Gasteiger partial charge in [0.2, 0.25) is 0 Å². The number of anilines is 2. The molecule has 0 aliphatic carbocycles. The van der Waals surface area contributed by atoms with Crippen molar-refractivity contribution in [1.29, 1.82) is 0 Å². The number of nitrogens with one attached hydrogen (secondary N) is 2. The third-order valence-corrected chi connectivity index (χ3v) is 7.92. The zero-order valence-electron chi connectivity index (χ0n) is 14.8. The topological polar surface area (TPSA) is 105 Å². The van der Waals surface area contributed by atoms with Gasteiger partial charge in [-0.2, -0.15) is 0 Å². The molecular weight excluding hydrogens is 442 g/mol. The Kier molecular flexibility index (Phi) is 5.67. The van der Waals surface area contributed by atoms with Gasteiger partial charge in [0.15, 0.2) is 5.13 Å². The molecule has 0 amide bonds. The maximum absolute atomic E-state index is 12.7. The van der Waals surface area contributed by atoms with E-state index in [1.54, 1.807) is 25.3 Å². The summed E-state index contributed by atoms with van der Waals surface area (Å²) in [5.74, 6) is 0. The van der Waals surface area contributed by atoms with E-state index in [1.807, 2.05) is 0 Å². The second-order valence-corrected chi connectivity index (χ2v) is 10.6. The first-order chi connectivity index (χ1) is 13.1. The monoisotopic (exact) mass is 457 g/mol. The number of sulfonamides is 2. The van der Waals surface area contributed by atoms with Gasteiger partial charge in [-0.15, -0.1) is 11.3 Å². The summed E-state index contributed by atoms with van der Waals surface area (Å²) in [4.78, 5) is 3.97. The minimum atomic E-state index is -3.85. The lowest BCUT2D eigenvalue weighted by molar-refractivity contribution is 0.599. The second kappa shape index (κ2) is 7.70. The predicted molar refractivity (Wildman–Crippen MR) is 111 cm³/mol. The molecule has 0 aliphatic rings. The number of benzene rings is 2. The van der Waals surface area contributed by atoms with Crippen LogP contribution in [0.3, 0.4) is 0 Å². The molecule has 1 aromatic heterocycles. The molecule has 28 heavy (non-hydrogen) atoms. The highest BCUT2D eigenvalue weighted by molar-refractivity contribution is 7.93. The number of nitrogens with zero attached hydrogens (tertiary/aromatic N) is 1. The van der Waals surface area contributed by atoms with Crippen LogP contribution in [0.25, 0.3) is 0 Å². The lowest BCUT2D eigenvalue weighted by atomic mass is 10.2. The lowest BCUT2D eigenvalue weighted by Gasteiger charge is -2.12. The highest BCUT2D eigenvalue weighted by Gasteiger charge is 2.20. The van der Waals surface area contributed by atoms with Crippen LogP contribution in [0.15, 0.2) is 57.8 Å². The van der Waals surface area contributed by atoms with Gasteiger partial charge in [0.05, 0.1) is 9.79 Å². The number of hydrogen-bond donors (Lipinski definition) is 2. The van der Waals surface area contributed by atoms with Crippen molar-refractivity contribution in [3.63, 3.8) is 0 Å². The first-order valence-corrected chi connectivity index (χ1v) is 12.1. The molecule has 0 aliphatic heterocycles. The quantitative estimate of drug-likeness (QED) is 0.581. The largest absolute Gasteiger partial charge is 0.280 e. The van der Waals surface area contributed by atoms with Gasteiger partial charge in [0.25, 0.3) is 20.0 Å². The minimum absolute atomic E-state index is 0.0100. The van der Waals surface area contributed by atoms with Gasteiger partial charge >= 0.3 is 0 Å². The van der Waals surface area contributed by atoms with Crippen molar-refractivity contribution in [1.82, 2.24) is 4.98 Å². The minimum Gasteiger partial charge on any atom is -0.280 e. The van der Waals surface area contributed by atoms with Gasteiger partial charge in [-0.05, 0) is 61.4 Å².